The van der Waals surface area contributed by atoms with Crippen molar-refractivity contribution in [2.45, 2.75) is 31.7 Å². The van der Waals surface area contributed by atoms with Gasteiger partial charge in [0.1, 0.15) is 0 Å². The number of aryl methyl sites for hydroxylation is 1. The third-order valence-electron chi connectivity index (χ3n) is 6.42. The van der Waals surface area contributed by atoms with Crippen LogP contribution in [0.2, 0.25) is 0 Å². The van der Waals surface area contributed by atoms with Crippen LogP contribution in [-0.2, 0) is 21.5 Å². The maximum absolute atomic E-state index is 12.9. The van der Waals surface area contributed by atoms with Gasteiger partial charge >= 0.3 is 0 Å². The molecule has 3 aromatic rings. The standard InChI is InChI=1S/C23H23N3O2/c1-3-14-8-10-15(11-9-14)17-13-26-19(27)12-24-22(28)23(26,2)21-20(17)16-6-4-5-7-18(16)25-21/h4-11,17,25H,3,12-13H2,1-2H3,(H,24,28)/t17?,23-/m0/s1. The number of fused-ring (bicyclic) bond motifs is 5. The molecule has 2 aliphatic rings. The lowest BCUT2D eigenvalue weighted by molar-refractivity contribution is -0.154. The zero-order valence-electron chi connectivity index (χ0n) is 16.1. The van der Waals surface area contributed by atoms with E-state index in [1.54, 1.807) is 4.90 Å². The second-order valence-corrected chi connectivity index (χ2v) is 7.87. The average molecular weight is 373 g/mol. The molecule has 5 rings (SSSR count). The summed E-state index contributed by atoms with van der Waals surface area (Å²) < 4.78 is 0. The number of piperazine rings is 1. The number of rotatable bonds is 2. The van der Waals surface area contributed by atoms with E-state index in [2.05, 4.69) is 47.6 Å². The van der Waals surface area contributed by atoms with Gasteiger partial charge in [-0.05, 0) is 36.1 Å². The van der Waals surface area contributed by atoms with Crippen molar-refractivity contribution in [1.29, 1.82) is 0 Å². The number of H-pyrrole nitrogens is 1. The van der Waals surface area contributed by atoms with Crippen molar-refractivity contribution < 1.29 is 9.59 Å². The van der Waals surface area contributed by atoms with Crippen LogP contribution in [0.25, 0.3) is 10.9 Å². The van der Waals surface area contributed by atoms with Crippen molar-refractivity contribution >= 4 is 22.7 Å². The molecule has 0 aliphatic carbocycles. The zero-order chi connectivity index (χ0) is 19.5. The number of nitrogens with zero attached hydrogens (tertiary/aromatic N) is 1. The van der Waals surface area contributed by atoms with Crippen LogP contribution in [0.3, 0.4) is 0 Å². The number of hydrogen-bond donors (Lipinski definition) is 2. The smallest absolute Gasteiger partial charge is 0.252 e. The molecular formula is C23H23N3O2. The molecular weight excluding hydrogens is 350 g/mol. The van der Waals surface area contributed by atoms with E-state index in [4.69, 9.17) is 0 Å². The molecule has 1 saturated heterocycles. The van der Waals surface area contributed by atoms with Gasteiger partial charge in [-0.25, -0.2) is 0 Å². The molecule has 3 heterocycles. The lowest BCUT2D eigenvalue weighted by Gasteiger charge is -2.48. The van der Waals surface area contributed by atoms with E-state index in [1.165, 1.54) is 11.1 Å². The number of nitrogens with one attached hydrogen (secondary N) is 2. The maximum Gasteiger partial charge on any atom is 0.252 e. The Morgan fingerprint density at radius 3 is 2.61 bits per heavy atom. The number of carbonyl (C=O) groups excluding carboxylic acids is 2. The van der Waals surface area contributed by atoms with Crippen LogP contribution in [0.1, 0.15) is 42.1 Å². The van der Waals surface area contributed by atoms with Gasteiger partial charge in [-0.1, -0.05) is 49.4 Å². The molecule has 142 valence electrons. The first-order valence-corrected chi connectivity index (χ1v) is 9.82. The van der Waals surface area contributed by atoms with Gasteiger partial charge in [-0.3, -0.25) is 9.59 Å². The average Bonchev–Trinajstić information content (AvgIpc) is 3.12. The highest BCUT2D eigenvalue weighted by molar-refractivity contribution is 6.01. The van der Waals surface area contributed by atoms with Gasteiger partial charge in [0, 0.05) is 23.4 Å². The van der Waals surface area contributed by atoms with Gasteiger partial charge in [0.05, 0.1) is 12.2 Å². The van der Waals surface area contributed by atoms with Crippen molar-refractivity contribution in [2.75, 3.05) is 13.1 Å². The van der Waals surface area contributed by atoms with Crippen molar-refractivity contribution in [2.24, 2.45) is 0 Å². The summed E-state index contributed by atoms with van der Waals surface area (Å²) in [5, 5.41) is 3.90. The Labute approximate surface area is 163 Å². The number of hydrogen-bond acceptors (Lipinski definition) is 2. The monoisotopic (exact) mass is 373 g/mol. The van der Waals surface area contributed by atoms with Gasteiger partial charge in [-0.15, -0.1) is 0 Å². The molecule has 1 fully saturated rings. The number of aromatic amines is 1. The number of carbonyl (C=O) groups is 2. The van der Waals surface area contributed by atoms with Crippen molar-refractivity contribution in [3.63, 3.8) is 0 Å². The molecule has 0 bridgehead atoms. The summed E-state index contributed by atoms with van der Waals surface area (Å²) >= 11 is 0. The van der Waals surface area contributed by atoms with Crippen molar-refractivity contribution in [3.8, 4) is 0 Å². The Balaban J connectivity index is 1.77. The Hall–Kier alpha value is -3.08. The third-order valence-corrected chi connectivity index (χ3v) is 6.42. The van der Waals surface area contributed by atoms with E-state index in [-0.39, 0.29) is 24.3 Å². The first-order chi connectivity index (χ1) is 13.5. The normalized spacial score (nSPS) is 24.1. The van der Waals surface area contributed by atoms with Crippen LogP contribution >= 0.6 is 0 Å². The number of para-hydroxylation sites is 1. The van der Waals surface area contributed by atoms with Gasteiger partial charge < -0.3 is 15.2 Å². The van der Waals surface area contributed by atoms with E-state index < -0.39 is 5.54 Å². The summed E-state index contributed by atoms with van der Waals surface area (Å²) in [7, 11) is 0. The largest absolute Gasteiger partial charge is 0.356 e. The zero-order valence-corrected chi connectivity index (χ0v) is 16.1. The van der Waals surface area contributed by atoms with Crippen LogP contribution in [-0.4, -0.2) is 34.8 Å². The fourth-order valence-corrected chi connectivity index (χ4v) is 4.77. The molecule has 2 atom stereocenters. The number of benzene rings is 2. The maximum atomic E-state index is 12.9. The molecule has 2 amide bonds. The third kappa shape index (κ3) is 2.19. The topological polar surface area (TPSA) is 65.2 Å². The van der Waals surface area contributed by atoms with Crippen LogP contribution < -0.4 is 5.32 Å². The molecule has 2 N–H and O–H groups in total. The van der Waals surface area contributed by atoms with E-state index in [1.807, 2.05) is 25.1 Å². The molecule has 5 heteroatoms. The highest BCUT2D eigenvalue weighted by Gasteiger charge is 2.53. The second-order valence-electron chi connectivity index (χ2n) is 7.87. The molecule has 5 nitrogen and oxygen atoms in total. The summed E-state index contributed by atoms with van der Waals surface area (Å²) in [6.45, 7) is 4.56. The number of aromatic nitrogens is 1. The molecule has 2 aromatic carbocycles. The summed E-state index contributed by atoms with van der Waals surface area (Å²) in [4.78, 5) is 30.9. The van der Waals surface area contributed by atoms with E-state index in [0.717, 1.165) is 28.6 Å². The lowest BCUT2D eigenvalue weighted by Crippen LogP contribution is -2.66. The second kappa shape index (κ2) is 5.96. The highest BCUT2D eigenvalue weighted by atomic mass is 16.2. The number of amides is 2. The fraction of sp³-hybridized carbons (Fsp3) is 0.304. The Morgan fingerprint density at radius 1 is 1.11 bits per heavy atom. The lowest BCUT2D eigenvalue weighted by atomic mass is 9.76. The minimum absolute atomic E-state index is 0.0278. The van der Waals surface area contributed by atoms with E-state index in [9.17, 15) is 9.59 Å². The van der Waals surface area contributed by atoms with Crippen LogP contribution in [0.15, 0.2) is 48.5 Å². The molecule has 0 spiro atoms. The minimum Gasteiger partial charge on any atom is -0.356 e. The van der Waals surface area contributed by atoms with Crippen LogP contribution in [0, 0.1) is 0 Å². The Morgan fingerprint density at radius 2 is 1.86 bits per heavy atom. The predicted molar refractivity (Wildman–Crippen MR) is 108 cm³/mol. The van der Waals surface area contributed by atoms with Crippen molar-refractivity contribution in [1.82, 2.24) is 15.2 Å². The molecule has 1 unspecified atom stereocenters. The molecule has 0 radical (unpaired) electrons. The van der Waals surface area contributed by atoms with Gasteiger partial charge in [0.25, 0.3) is 5.91 Å². The summed E-state index contributed by atoms with van der Waals surface area (Å²) in [5.41, 5.74) is 4.40. The predicted octanol–water partition coefficient (Wildman–Crippen LogP) is 3.05. The first kappa shape index (κ1) is 17.0. The van der Waals surface area contributed by atoms with Crippen LogP contribution in [0.4, 0.5) is 0 Å². The minimum atomic E-state index is -1.01. The molecule has 2 aliphatic heterocycles. The highest BCUT2D eigenvalue weighted by Crippen LogP contribution is 2.46. The van der Waals surface area contributed by atoms with Crippen LogP contribution in [0.5, 0.6) is 0 Å². The summed E-state index contributed by atoms with van der Waals surface area (Å²) in [6.07, 6.45) is 0.992. The fourth-order valence-electron chi connectivity index (χ4n) is 4.77. The summed E-state index contributed by atoms with van der Waals surface area (Å²) in [6, 6.07) is 16.8. The van der Waals surface area contributed by atoms with Gasteiger partial charge in [-0.2, -0.15) is 0 Å². The first-order valence-electron chi connectivity index (χ1n) is 9.82. The Bertz CT molecular complexity index is 1100. The SMILES string of the molecule is CCc1ccc(C2CN3C(=O)CNC(=O)[C@]3(C)c3[nH]c4ccccc4c32)cc1. The van der Waals surface area contributed by atoms with E-state index >= 15 is 0 Å². The van der Waals surface area contributed by atoms with Gasteiger partial charge in [0.15, 0.2) is 5.54 Å². The quantitative estimate of drug-likeness (QED) is 0.725. The summed E-state index contributed by atoms with van der Waals surface area (Å²) in [5.74, 6) is -0.138. The molecule has 1 aromatic heterocycles. The van der Waals surface area contributed by atoms with Crippen molar-refractivity contribution in [3.05, 3.63) is 70.9 Å². The molecule has 28 heavy (non-hydrogen) atoms. The van der Waals surface area contributed by atoms with E-state index in [0.29, 0.717) is 6.54 Å². The Kier molecular flexibility index (Phi) is 3.63. The van der Waals surface area contributed by atoms with Gasteiger partial charge in [0.2, 0.25) is 5.91 Å². The molecule has 0 saturated carbocycles.